The predicted molar refractivity (Wildman–Crippen MR) is 54.1 cm³/mol. The van der Waals surface area contributed by atoms with Crippen molar-refractivity contribution in [1.82, 2.24) is 0 Å². The van der Waals surface area contributed by atoms with Crippen LogP contribution in [0.5, 0.6) is 0 Å². The van der Waals surface area contributed by atoms with E-state index >= 15 is 0 Å². The highest BCUT2D eigenvalue weighted by Crippen LogP contribution is 2.49. The Balaban J connectivity index is 1.93. The van der Waals surface area contributed by atoms with Crippen LogP contribution in [0.3, 0.4) is 0 Å². The number of hydrogen-bond donors (Lipinski definition) is 1. The third-order valence-corrected chi connectivity index (χ3v) is 5.08. The van der Waals surface area contributed by atoms with Crippen molar-refractivity contribution in [2.24, 2.45) is 0 Å². The quantitative estimate of drug-likeness (QED) is 0.761. The molecule has 0 aromatic carbocycles. The lowest BCUT2D eigenvalue weighted by atomic mass is 9.84. The molecule has 0 aliphatic heterocycles. The molecule has 0 atom stereocenters. The van der Waals surface area contributed by atoms with E-state index in [1.807, 2.05) is 0 Å². The molecule has 2 rings (SSSR count). The van der Waals surface area contributed by atoms with Gasteiger partial charge in [-0.25, -0.2) is 0 Å². The van der Waals surface area contributed by atoms with Crippen LogP contribution in [0.1, 0.15) is 44.9 Å². The minimum Gasteiger partial charge on any atom is -0.480 e. The van der Waals surface area contributed by atoms with Crippen molar-refractivity contribution in [3.63, 3.8) is 0 Å². The first kappa shape index (κ1) is 9.38. The largest absolute Gasteiger partial charge is 0.480 e. The van der Waals surface area contributed by atoms with Crippen LogP contribution in [0.25, 0.3) is 0 Å². The summed E-state index contributed by atoms with van der Waals surface area (Å²) in [7, 11) is 0. The number of rotatable bonds is 3. The Kier molecular flexibility index (Phi) is 2.54. The lowest BCUT2D eigenvalue weighted by Gasteiger charge is -2.38. The molecule has 0 unspecified atom stereocenters. The molecule has 3 heteroatoms. The molecule has 1 N–H and O–H groups in total. The molecule has 2 aliphatic carbocycles. The van der Waals surface area contributed by atoms with Crippen LogP contribution in [-0.2, 0) is 4.79 Å². The highest BCUT2D eigenvalue weighted by Gasteiger charge is 2.46. The molecule has 0 amide bonds. The van der Waals surface area contributed by atoms with Crippen LogP contribution < -0.4 is 0 Å². The van der Waals surface area contributed by atoms with E-state index in [4.69, 9.17) is 5.11 Å². The number of hydrogen-bond acceptors (Lipinski definition) is 2. The zero-order valence-corrected chi connectivity index (χ0v) is 8.61. The first-order valence-corrected chi connectivity index (χ1v) is 6.02. The highest BCUT2D eigenvalue weighted by molar-refractivity contribution is 8.02. The molecule has 0 aromatic heterocycles. The molecule has 0 bridgehead atoms. The Morgan fingerprint density at radius 1 is 1.23 bits per heavy atom. The number of aliphatic carboxylic acids is 1. The summed E-state index contributed by atoms with van der Waals surface area (Å²) < 4.78 is -0.380. The molecule has 2 saturated carbocycles. The zero-order chi connectivity index (χ0) is 9.31. The third-order valence-electron chi connectivity index (χ3n) is 3.25. The van der Waals surface area contributed by atoms with Gasteiger partial charge in [-0.15, -0.1) is 11.8 Å². The lowest BCUT2D eigenvalue weighted by molar-refractivity contribution is -0.142. The molecule has 2 fully saturated rings. The molecule has 2 nitrogen and oxygen atoms in total. The molecular weight excluding hydrogens is 184 g/mol. The van der Waals surface area contributed by atoms with Gasteiger partial charge in [-0.3, -0.25) is 4.79 Å². The van der Waals surface area contributed by atoms with E-state index in [-0.39, 0.29) is 4.75 Å². The van der Waals surface area contributed by atoms with Crippen molar-refractivity contribution in [3.8, 4) is 0 Å². The van der Waals surface area contributed by atoms with Crippen LogP contribution in [0.4, 0.5) is 0 Å². The Labute approximate surface area is 83.1 Å². The van der Waals surface area contributed by atoms with E-state index in [0.29, 0.717) is 5.25 Å². The normalized spacial score (nSPS) is 27.1. The maximum Gasteiger partial charge on any atom is 0.319 e. The smallest absolute Gasteiger partial charge is 0.319 e. The van der Waals surface area contributed by atoms with Crippen molar-refractivity contribution in [2.45, 2.75) is 54.9 Å². The fraction of sp³-hybridized carbons (Fsp3) is 0.900. The topological polar surface area (TPSA) is 37.3 Å². The van der Waals surface area contributed by atoms with Crippen molar-refractivity contribution in [2.75, 3.05) is 0 Å². The molecule has 0 radical (unpaired) electrons. The summed E-state index contributed by atoms with van der Waals surface area (Å²) in [6.45, 7) is 0. The van der Waals surface area contributed by atoms with Gasteiger partial charge >= 0.3 is 5.97 Å². The Bertz CT molecular complexity index is 205. The summed E-state index contributed by atoms with van der Waals surface area (Å²) in [5.74, 6) is -0.573. The van der Waals surface area contributed by atoms with E-state index in [2.05, 4.69) is 0 Å². The fourth-order valence-corrected chi connectivity index (χ4v) is 4.04. The SMILES string of the molecule is O=C(O)C1(SC2CCCC2)CCC1. The van der Waals surface area contributed by atoms with Crippen LogP contribution in [0.2, 0.25) is 0 Å². The molecule has 74 valence electrons. The van der Waals surface area contributed by atoms with Gasteiger partial charge in [0.1, 0.15) is 4.75 Å². The third kappa shape index (κ3) is 1.71. The summed E-state index contributed by atoms with van der Waals surface area (Å²) >= 11 is 1.75. The Morgan fingerprint density at radius 3 is 2.23 bits per heavy atom. The number of carboxylic acids is 1. The molecule has 0 heterocycles. The van der Waals surface area contributed by atoms with Gasteiger partial charge in [0.2, 0.25) is 0 Å². The van der Waals surface area contributed by atoms with E-state index in [1.54, 1.807) is 11.8 Å². The molecule has 2 aliphatic rings. The second-order valence-corrected chi connectivity index (χ2v) is 5.86. The van der Waals surface area contributed by atoms with Crippen molar-refractivity contribution < 1.29 is 9.90 Å². The highest BCUT2D eigenvalue weighted by atomic mass is 32.2. The molecule has 0 aromatic rings. The Morgan fingerprint density at radius 2 is 1.85 bits per heavy atom. The summed E-state index contributed by atoms with van der Waals surface area (Å²) in [6, 6.07) is 0. The van der Waals surface area contributed by atoms with Gasteiger partial charge in [-0.05, 0) is 32.1 Å². The van der Waals surface area contributed by atoms with Gasteiger partial charge < -0.3 is 5.11 Å². The second kappa shape index (κ2) is 3.52. The first-order chi connectivity index (χ1) is 6.23. The standard InChI is InChI=1S/C10H16O2S/c11-9(12)10(6-3-7-10)13-8-4-1-2-5-8/h8H,1-7H2,(H,11,12). The number of carbonyl (C=O) groups is 1. The summed E-state index contributed by atoms with van der Waals surface area (Å²) in [5.41, 5.74) is 0. The van der Waals surface area contributed by atoms with Gasteiger partial charge in [-0.1, -0.05) is 12.8 Å². The molecule has 0 spiro atoms. The van der Waals surface area contributed by atoms with Gasteiger partial charge in [0, 0.05) is 5.25 Å². The minimum absolute atomic E-state index is 0.380. The molecule has 13 heavy (non-hydrogen) atoms. The van der Waals surface area contributed by atoms with Gasteiger partial charge in [0.15, 0.2) is 0 Å². The predicted octanol–water partition coefficient (Wildman–Crippen LogP) is 2.67. The van der Waals surface area contributed by atoms with Crippen LogP contribution in [0.15, 0.2) is 0 Å². The summed E-state index contributed by atoms with van der Waals surface area (Å²) in [4.78, 5) is 11.1. The monoisotopic (exact) mass is 200 g/mol. The minimum atomic E-state index is -0.573. The van der Waals surface area contributed by atoms with Crippen molar-refractivity contribution >= 4 is 17.7 Å². The van der Waals surface area contributed by atoms with Crippen LogP contribution in [-0.4, -0.2) is 21.1 Å². The second-order valence-electron chi connectivity index (χ2n) is 4.18. The van der Waals surface area contributed by atoms with Crippen LogP contribution in [0, 0.1) is 0 Å². The van der Waals surface area contributed by atoms with E-state index in [9.17, 15) is 4.79 Å². The lowest BCUT2D eigenvalue weighted by Crippen LogP contribution is -2.43. The fourth-order valence-electron chi connectivity index (χ4n) is 2.21. The number of carboxylic acid groups (broad SMARTS) is 1. The maximum absolute atomic E-state index is 11.1. The van der Waals surface area contributed by atoms with Gasteiger partial charge in [0.05, 0.1) is 0 Å². The average molecular weight is 200 g/mol. The van der Waals surface area contributed by atoms with E-state index in [1.165, 1.54) is 25.7 Å². The van der Waals surface area contributed by atoms with Crippen molar-refractivity contribution in [3.05, 3.63) is 0 Å². The first-order valence-electron chi connectivity index (χ1n) is 5.14. The van der Waals surface area contributed by atoms with E-state index in [0.717, 1.165) is 19.3 Å². The molecular formula is C10H16O2S. The Hall–Kier alpha value is -0.180. The number of thioether (sulfide) groups is 1. The average Bonchev–Trinajstić information content (AvgIpc) is 2.47. The zero-order valence-electron chi connectivity index (χ0n) is 7.79. The van der Waals surface area contributed by atoms with Gasteiger partial charge in [-0.2, -0.15) is 0 Å². The molecule has 0 saturated heterocycles. The maximum atomic E-state index is 11.1. The van der Waals surface area contributed by atoms with Crippen LogP contribution >= 0.6 is 11.8 Å². The van der Waals surface area contributed by atoms with Gasteiger partial charge in [0.25, 0.3) is 0 Å². The van der Waals surface area contributed by atoms with E-state index < -0.39 is 5.97 Å². The summed E-state index contributed by atoms with van der Waals surface area (Å²) in [6.07, 6.45) is 7.96. The summed E-state index contributed by atoms with van der Waals surface area (Å²) in [5, 5.41) is 9.76. The van der Waals surface area contributed by atoms with Crippen molar-refractivity contribution in [1.29, 1.82) is 0 Å².